The van der Waals surface area contributed by atoms with E-state index in [9.17, 15) is 4.79 Å². The van der Waals surface area contributed by atoms with Crippen LogP contribution in [0.4, 0.5) is 0 Å². The Hall–Kier alpha value is -1.53. The highest BCUT2D eigenvalue weighted by Gasteiger charge is 2.12. The summed E-state index contributed by atoms with van der Waals surface area (Å²) in [6.07, 6.45) is 4.89. The van der Waals surface area contributed by atoms with Crippen LogP contribution in [0.15, 0.2) is 25.1 Å². The minimum Gasteiger partial charge on any atom is -0.461 e. The lowest BCUT2D eigenvalue weighted by Crippen LogP contribution is -2.46. The Labute approximate surface area is 89.3 Å². The average Bonchev–Trinajstić information content (AvgIpc) is 2.66. The number of hydrogen-bond donors (Lipinski definition) is 1. The second kappa shape index (κ2) is 5.38. The summed E-state index contributed by atoms with van der Waals surface area (Å²) < 4.78 is 4.84. The van der Waals surface area contributed by atoms with Gasteiger partial charge in [0.2, 0.25) is 0 Å². The molecule has 1 aliphatic rings. The van der Waals surface area contributed by atoms with E-state index in [0.29, 0.717) is 13.2 Å². The molecular formula is C9H16N4O2. The van der Waals surface area contributed by atoms with Crippen LogP contribution in [0.3, 0.4) is 0 Å². The highest BCUT2D eigenvalue weighted by atomic mass is 16.5. The largest absolute Gasteiger partial charge is 0.461 e. The second-order valence-electron chi connectivity index (χ2n) is 3.15. The van der Waals surface area contributed by atoms with Crippen LogP contribution in [-0.2, 0) is 9.53 Å². The molecule has 1 aliphatic heterocycles. The number of hydrogen-bond acceptors (Lipinski definition) is 6. The first-order chi connectivity index (χ1) is 7.13. The van der Waals surface area contributed by atoms with Crippen molar-refractivity contribution in [1.29, 1.82) is 0 Å². The van der Waals surface area contributed by atoms with Crippen molar-refractivity contribution >= 4 is 5.97 Å². The summed E-state index contributed by atoms with van der Waals surface area (Å²) in [6.45, 7) is 4.22. The molecule has 1 heterocycles. The van der Waals surface area contributed by atoms with Gasteiger partial charge in [-0.25, -0.2) is 14.9 Å². The first kappa shape index (κ1) is 11.5. The van der Waals surface area contributed by atoms with Crippen molar-refractivity contribution in [3.63, 3.8) is 0 Å². The highest BCUT2D eigenvalue weighted by molar-refractivity contribution is 5.81. The van der Waals surface area contributed by atoms with Gasteiger partial charge in [-0.2, -0.15) is 0 Å². The van der Waals surface area contributed by atoms with Crippen LogP contribution in [0.2, 0.25) is 0 Å². The predicted molar refractivity (Wildman–Crippen MR) is 55.7 cm³/mol. The molecule has 1 rings (SSSR count). The standard InChI is InChI=1S/C9H16N4O2/c1-4-9(14)15-8-7-12-5-6-13(10-12)11(2)3/h4-6,10H,1,7-8H2,2-3H3. The first-order valence-corrected chi connectivity index (χ1v) is 4.60. The lowest BCUT2D eigenvalue weighted by atomic mass is 10.6. The SMILES string of the molecule is C=CC(=O)OCCN1C=CN(N(C)C)N1. The fourth-order valence-corrected chi connectivity index (χ4v) is 0.993. The van der Waals surface area contributed by atoms with Crippen molar-refractivity contribution in [1.82, 2.24) is 20.7 Å². The number of nitrogens with one attached hydrogen (secondary N) is 1. The van der Waals surface area contributed by atoms with Gasteiger partial charge in [-0.15, -0.1) is 5.53 Å². The van der Waals surface area contributed by atoms with Gasteiger partial charge >= 0.3 is 5.97 Å². The molecule has 1 N–H and O–H groups in total. The van der Waals surface area contributed by atoms with E-state index in [-0.39, 0.29) is 0 Å². The van der Waals surface area contributed by atoms with Crippen LogP contribution in [-0.4, -0.2) is 48.4 Å². The van der Waals surface area contributed by atoms with Gasteiger partial charge in [0.15, 0.2) is 0 Å². The summed E-state index contributed by atoms with van der Waals surface area (Å²) in [5.41, 5.74) is 3.05. The number of nitrogens with zero attached hydrogens (tertiary/aromatic N) is 3. The molecule has 0 aromatic carbocycles. The molecule has 0 aliphatic carbocycles. The van der Waals surface area contributed by atoms with Crippen LogP contribution >= 0.6 is 0 Å². The molecule has 0 amide bonds. The summed E-state index contributed by atoms with van der Waals surface area (Å²) in [4.78, 5) is 10.7. The average molecular weight is 212 g/mol. The Morgan fingerprint density at radius 1 is 1.60 bits per heavy atom. The summed E-state index contributed by atoms with van der Waals surface area (Å²) in [5, 5.41) is 5.50. The maximum Gasteiger partial charge on any atom is 0.330 e. The van der Waals surface area contributed by atoms with Crippen LogP contribution in [0, 0.1) is 0 Å². The second-order valence-corrected chi connectivity index (χ2v) is 3.15. The van der Waals surface area contributed by atoms with Crippen molar-refractivity contribution in [3.8, 4) is 0 Å². The van der Waals surface area contributed by atoms with E-state index in [0.717, 1.165) is 6.08 Å². The maximum atomic E-state index is 10.7. The van der Waals surface area contributed by atoms with Gasteiger partial charge in [-0.1, -0.05) is 6.58 Å². The molecule has 0 unspecified atom stereocenters. The molecule has 0 atom stereocenters. The molecule has 6 heteroatoms. The Balaban J connectivity index is 2.17. The van der Waals surface area contributed by atoms with Crippen LogP contribution in [0.5, 0.6) is 0 Å². The molecule has 6 nitrogen and oxygen atoms in total. The van der Waals surface area contributed by atoms with Gasteiger partial charge in [0.25, 0.3) is 0 Å². The molecule has 0 radical (unpaired) electrons. The van der Waals surface area contributed by atoms with Crippen LogP contribution in [0.25, 0.3) is 0 Å². The normalized spacial score (nSPS) is 14.9. The van der Waals surface area contributed by atoms with E-state index in [1.165, 1.54) is 0 Å². The number of ether oxygens (including phenoxy) is 1. The first-order valence-electron chi connectivity index (χ1n) is 4.60. The molecule has 84 valence electrons. The van der Waals surface area contributed by atoms with Crippen molar-refractivity contribution in [2.75, 3.05) is 27.2 Å². The summed E-state index contributed by atoms with van der Waals surface area (Å²) in [7, 11) is 3.83. The fourth-order valence-electron chi connectivity index (χ4n) is 0.993. The maximum absolute atomic E-state index is 10.7. The lowest BCUT2D eigenvalue weighted by molar-refractivity contribution is -0.138. The monoisotopic (exact) mass is 212 g/mol. The van der Waals surface area contributed by atoms with E-state index in [2.05, 4.69) is 12.1 Å². The Kier molecular flexibility index (Phi) is 4.14. The number of rotatable bonds is 5. The molecule has 0 saturated heterocycles. The summed E-state index contributed by atoms with van der Waals surface area (Å²) >= 11 is 0. The Morgan fingerprint density at radius 3 is 2.87 bits per heavy atom. The zero-order valence-corrected chi connectivity index (χ0v) is 9.01. The van der Waals surface area contributed by atoms with E-state index >= 15 is 0 Å². The Morgan fingerprint density at radius 2 is 2.33 bits per heavy atom. The van der Waals surface area contributed by atoms with E-state index in [4.69, 9.17) is 4.74 Å². The van der Waals surface area contributed by atoms with Gasteiger partial charge in [-0.05, 0) is 0 Å². The van der Waals surface area contributed by atoms with Gasteiger partial charge in [0.1, 0.15) is 6.61 Å². The third-order valence-electron chi connectivity index (χ3n) is 1.79. The Bertz CT molecular complexity index is 265. The smallest absolute Gasteiger partial charge is 0.330 e. The van der Waals surface area contributed by atoms with Gasteiger partial charge in [-0.3, -0.25) is 5.01 Å². The third-order valence-corrected chi connectivity index (χ3v) is 1.79. The van der Waals surface area contributed by atoms with Crippen molar-refractivity contribution < 1.29 is 9.53 Å². The quantitative estimate of drug-likeness (QED) is 0.499. The van der Waals surface area contributed by atoms with Crippen molar-refractivity contribution in [2.24, 2.45) is 0 Å². The molecular weight excluding hydrogens is 196 g/mol. The van der Waals surface area contributed by atoms with E-state index in [1.807, 2.05) is 36.5 Å². The third kappa shape index (κ3) is 3.61. The van der Waals surface area contributed by atoms with Crippen molar-refractivity contribution in [2.45, 2.75) is 0 Å². The highest BCUT2D eigenvalue weighted by Crippen LogP contribution is 2.00. The van der Waals surface area contributed by atoms with E-state index < -0.39 is 5.97 Å². The summed E-state index contributed by atoms with van der Waals surface area (Å²) in [5.74, 6) is -0.400. The van der Waals surface area contributed by atoms with Gasteiger partial charge < -0.3 is 4.74 Å². The molecule has 0 spiro atoms. The van der Waals surface area contributed by atoms with Crippen LogP contribution < -0.4 is 5.53 Å². The van der Waals surface area contributed by atoms with Gasteiger partial charge in [0, 0.05) is 26.4 Å². The van der Waals surface area contributed by atoms with Crippen LogP contribution in [0.1, 0.15) is 0 Å². The van der Waals surface area contributed by atoms with Gasteiger partial charge in [0.05, 0.1) is 12.7 Å². The zero-order chi connectivity index (χ0) is 11.3. The molecule has 15 heavy (non-hydrogen) atoms. The fraction of sp³-hybridized carbons (Fsp3) is 0.444. The minimum absolute atomic E-state index is 0.323. The number of esters is 1. The molecule has 0 saturated carbocycles. The van der Waals surface area contributed by atoms with E-state index in [1.54, 1.807) is 5.12 Å². The molecule has 0 aromatic heterocycles. The predicted octanol–water partition coefficient (Wildman–Crippen LogP) is -0.299. The molecule has 0 aromatic rings. The zero-order valence-electron chi connectivity index (χ0n) is 9.01. The molecule has 0 fully saturated rings. The number of carbonyl (C=O) groups is 1. The number of hydrazine groups is 3. The van der Waals surface area contributed by atoms with Crippen molar-refractivity contribution in [3.05, 3.63) is 25.1 Å². The summed E-state index contributed by atoms with van der Waals surface area (Å²) in [6, 6.07) is 0. The molecule has 0 bridgehead atoms. The number of carbonyl (C=O) groups excluding carboxylic acids is 1. The topological polar surface area (TPSA) is 48.1 Å². The lowest BCUT2D eigenvalue weighted by Gasteiger charge is -2.26. The minimum atomic E-state index is -0.400.